The van der Waals surface area contributed by atoms with Crippen LogP contribution in [-0.4, -0.2) is 44.8 Å². The van der Waals surface area contributed by atoms with Gasteiger partial charge in [0.05, 0.1) is 35.8 Å². The number of ether oxygens (including phenoxy) is 2. The molecule has 0 aliphatic carbocycles. The number of nitrogens with one attached hydrogen (secondary N) is 2. The minimum atomic E-state index is -1.03. The smallest absolute Gasteiger partial charge is 0.338 e. The van der Waals surface area contributed by atoms with Gasteiger partial charge >= 0.3 is 5.97 Å². The molecule has 6 N–H and O–H groups in total. The minimum absolute atomic E-state index is 0.0544. The molecule has 11 nitrogen and oxygen atoms in total. The van der Waals surface area contributed by atoms with Crippen molar-refractivity contribution >= 4 is 40.9 Å². The third-order valence-electron chi connectivity index (χ3n) is 9.22. The molecule has 12 heteroatoms. The maximum atomic E-state index is 12.6. The Balaban J connectivity index is 1.07. The van der Waals surface area contributed by atoms with E-state index in [1.807, 2.05) is 78.9 Å². The van der Waals surface area contributed by atoms with E-state index < -0.39 is 12.3 Å². The lowest BCUT2D eigenvalue weighted by molar-refractivity contribution is -0.245. The fraction of sp³-hybridized carbons (Fsp3) is 0.256. The number of aliphatic hydroxyl groups excluding tert-OH is 1. The second-order valence-electron chi connectivity index (χ2n) is 13.3. The van der Waals surface area contributed by atoms with Crippen molar-refractivity contribution < 1.29 is 34.1 Å². The molecule has 284 valence electrons. The number of nitrogens with zero attached hydrogens (tertiary/aromatic N) is 1. The Morgan fingerprint density at radius 2 is 1.55 bits per heavy atom. The van der Waals surface area contributed by atoms with Crippen molar-refractivity contribution in [2.24, 2.45) is 0 Å². The maximum absolute atomic E-state index is 12.6. The van der Waals surface area contributed by atoms with Crippen LogP contribution in [0, 0.1) is 0 Å². The van der Waals surface area contributed by atoms with Crippen molar-refractivity contribution in [3.05, 3.63) is 143 Å². The van der Waals surface area contributed by atoms with Crippen LogP contribution in [0.15, 0.2) is 120 Å². The summed E-state index contributed by atoms with van der Waals surface area (Å²) in [5.74, 6) is -0.780. The summed E-state index contributed by atoms with van der Waals surface area (Å²) in [6.07, 6.45) is 2.63. The van der Waals surface area contributed by atoms with E-state index in [9.17, 15) is 24.6 Å². The Morgan fingerprint density at radius 3 is 2.31 bits per heavy atom. The predicted octanol–water partition coefficient (Wildman–Crippen LogP) is 7.67. The number of nitrogen functional groups attached to an aromatic ring is 1. The average molecular weight is 761 g/mol. The van der Waals surface area contributed by atoms with Crippen LogP contribution in [0.1, 0.15) is 77.1 Å². The largest absolute Gasteiger partial charge is 0.478 e. The van der Waals surface area contributed by atoms with Gasteiger partial charge in [-0.05, 0) is 77.1 Å². The summed E-state index contributed by atoms with van der Waals surface area (Å²) in [5, 5.41) is 25.5. The topological polar surface area (TPSA) is 173 Å². The molecule has 1 fully saturated rings. The van der Waals surface area contributed by atoms with Gasteiger partial charge in [-0.2, -0.15) is 0 Å². The first-order valence-electron chi connectivity index (χ1n) is 18.2. The van der Waals surface area contributed by atoms with Gasteiger partial charge in [0, 0.05) is 43.3 Å². The molecule has 55 heavy (non-hydrogen) atoms. The molecule has 1 aromatic heterocycles. The van der Waals surface area contributed by atoms with Crippen LogP contribution in [0.2, 0.25) is 0 Å². The molecule has 1 aliphatic heterocycles. The predicted molar refractivity (Wildman–Crippen MR) is 212 cm³/mol. The number of amides is 2. The Bertz CT molecular complexity index is 2090. The lowest BCUT2D eigenvalue weighted by Crippen LogP contribution is -2.31. The van der Waals surface area contributed by atoms with E-state index in [2.05, 4.69) is 15.6 Å². The number of aromatic carboxylic acids is 1. The first kappa shape index (κ1) is 39.2. The van der Waals surface area contributed by atoms with Gasteiger partial charge in [0.15, 0.2) is 6.29 Å². The normalized spacial score (nSPS) is 16.6. The lowest BCUT2D eigenvalue weighted by atomic mass is 9.99. The molecule has 0 bridgehead atoms. The Hall–Kier alpha value is -5.53. The second-order valence-corrected chi connectivity index (χ2v) is 14.3. The van der Waals surface area contributed by atoms with E-state index in [1.54, 1.807) is 36.5 Å². The standard InChI is InChI=1S/C43H44N4O7S/c44-36-13-1-2-14-37(36)47-40(50)16-4-3-15-39(49)46-25-29-8-5-9-31(22-29)32-10-6-11-33(23-32)43-53-34(27-55-41-35(42(51)52)12-7-21-45-41)24-38(54-43)30-19-17-28(26-48)18-20-30/h1-2,5-14,17-23,34,38,43,48H,3-4,15-16,24-27,44H2,(H,46,49)(H,47,50)(H,51,52)/t34-,38+,43+/m0/s1. The monoisotopic (exact) mass is 760 g/mol. The number of para-hydroxylation sites is 2. The average Bonchev–Trinajstić information content (AvgIpc) is 3.22. The molecule has 1 aliphatic rings. The number of nitrogens with two attached hydrogens (primary N) is 1. The Morgan fingerprint density at radius 1 is 0.800 bits per heavy atom. The van der Waals surface area contributed by atoms with Gasteiger partial charge in [0.2, 0.25) is 11.8 Å². The highest BCUT2D eigenvalue weighted by Gasteiger charge is 2.33. The minimum Gasteiger partial charge on any atom is -0.478 e. The van der Waals surface area contributed by atoms with E-state index in [-0.39, 0.29) is 36.2 Å². The van der Waals surface area contributed by atoms with Crippen LogP contribution in [0.4, 0.5) is 11.4 Å². The summed E-state index contributed by atoms with van der Waals surface area (Å²) in [6.45, 7) is 0.312. The fourth-order valence-electron chi connectivity index (χ4n) is 6.27. The molecule has 0 unspecified atom stereocenters. The van der Waals surface area contributed by atoms with Crippen LogP contribution in [-0.2, 0) is 32.2 Å². The molecule has 4 aromatic carbocycles. The summed E-state index contributed by atoms with van der Waals surface area (Å²) in [7, 11) is 0. The Kier molecular flexibility index (Phi) is 13.7. The van der Waals surface area contributed by atoms with Gasteiger partial charge in [-0.15, -0.1) is 11.8 Å². The van der Waals surface area contributed by atoms with Gasteiger partial charge in [-0.3, -0.25) is 9.59 Å². The van der Waals surface area contributed by atoms with Crippen LogP contribution >= 0.6 is 11.8 Å². The van der Waals surface area contributed by atoms with Gasteiger partial charge < -0.3 is 36.1 Å². The van der Waals surface area contributed by atoms with Gasteiger partial charge in [0.25, 0.3) is 0 Å². The third-order valence-corrected chi connectivity index (χ3v) is 10.4. The first-order chi connectivity index (χ1) is 26.7. The lowest BCUT2D eigenvalue weighted by Gasteiger charge is -2.36. The number of carbonyl (C=O) groups excluding carboxylic acids is 2. The van der Waals surface area contributed by atoms with E-state index in [1.165, 1.54) is 11.8 Å². The first-order valence-corrected chi connectivity index (χ1v) is 19.2. The number of pyridine rings is 1. The van der Waals surface area contributed by atoms with Gasteiger partial charge in [-0.25, -0.2) is 9.78 Å². The van der Waals surface area contributed by atoms with Crippen LogP contribution < -0.4 is 16.4 Å². The number of benzene rings is 4. The summed E-state index contributed by atoms with van der Waals surface area (Å²) < 4.78 is 13.1. The van der Waals surface area contributed by atoms with Crippen molar-refractivity contribution in [3.63, 3.8) is 0 Å². The summed E-state index contributed by atoms with van der Waals surface area (Å²) in [5.41, 5.74) is 12.6. The van der Waals surface area contributed by atoms with Crippen molar-refractivity contribution in [3.8, 4) is 11.1 Å². The zero-order valence-electron chi connectivity index (χ0n) is 30.2. The number of carbonyl (C=O) groups is 3. The fourth-order valence-corrected chi connectivity index (χ4v) is 7.28. The molecular formula is C43H44N4O7S. The van der Waals surface area contributed by atoms with E-state index in [4.69, 9.17) is 15.2 Å². The third kappa shape index (κ3) is 11.0. The number of hydrogen-bond donors (Lipinski definition) is 5. The van der Waals surface area contributed by atoms with Crippen molar-refractivity contribution in [2.75, 3.05) is 16.8 Å². The van der Waals surface area contributed by atoms with Crippen LogP contribution in [0.3, 0.4) is 0 Å². The second kappa shape index (κ2) is 19.2. The van der Waals surface area contributed by atoms with Crippen LogP contribution in [0.25, 0.3) is 11.1 Å². The number of carboxylic acids is 1. The molecule has 0 spiro atoms. The highest BCUT2D eigenvalue weighted by atomic mass is 32.2. The molecule has 3 atom stereocenters. The van der Waals surface area contributed by atoms with E-state index >= 15 is 0 Å². The number of anilines is 2. The molecule has 1 saturated heterocycles. The van der Waals surface area contributed by atoms with Crippen molar-refractivity contribution in [1.82, 2.24) is 10.3 Å². The summed E-state index contributed by atoms with van der Waals surface area (Å²) in [4.78, 5) is 41.0. The van der Waals surface area contributed by atoms with E-state index in [0.29, 0.717) is 60.8 Å². The van der Waals surface area contributed by atoms with Crippen molar-refractivity contribution in [2.45, 2.75) is 68.8 Å². The summed E-state index contributed by atoms with van der Waals surface area (Å²) in [6, 6.07) is 33.8. The molecule has 2 amide bonds. The highest BCUT2D eigenvalue weighted by molar-refractivity contribution is 7.99. The zero-order valence-corrected chi connectivity index (χ0v) is 31.0. The van der Waals surface area contributed by atoms with E-state index in [0.717, 1.165) is 33.4 Å². The maximum Gasteiger partial charge on any atom is 0.338 e. The van der Waals surface area contributed by atoms with Gasteiger partial charge in [0.1, 0.15) is 5.03 Å². The number of unbranched alkanes of at least 4 members (excludes halogenated alkanes) is 1. The number of carboxylic acid groups (broad SMARTS) is 1. The molecule has 2 heterocycles. The molecular weight excluding hydrogens is 717 g/mol. The zero-order chi connectivity index (χ0) is 38.6. The number of rotatable bonds is 16. The summed E-state index contributed by atoms with van der Waals surface area (Å²) >= 11 is 1.34. The highest BCUT2D eigenvalue weighted by Crippen LogP contribution is 2.40. The molecule has 0 radical (unpaired) electrons. The Labute approximate surface area is 324 Å². The quantitative estimate of drug-likeness (QED) is 0.0382. The van der Waals surface area contributed by atoms with Gasteiger partial charge in [-0.1, -0.05) is 72.8 Å². The number of hydrogen-bond acceptors (Lipinski definition) is 9. The number of aliphatic hydroxyl groups is 1. The molecule has 6 rings (SSSR count). The molecule has 5 aromatic rings. The van der Waals surface area contributed by atoms with Crippen LogP contribution in [0.5, 0.6) is 0 Å². The number of aromatic nitrogens is 1. The SMILES string of the molecule is Nc1ccccc1NC(=O)CCCCC(=O)NCc1cccc(-c2cccc([C@@H]3O[C@H](CSc4ncccc4C(=O)O)C[C@H](c4ccc(CO)cc4)O3)c2)c1. The number of thioether (sulfide) groups is 1. The molecule has 0 saturated carbocycles. The van der Waals surface area contributed by atoms with Crippen molar-refractivity contribution in [1.29, 1.82) is 0 Å².